The number of hydrogen-bond acceptors (Lipinski definition) is 6. The van der Waals surface area contributed by atoms with Crippen LogP contribution in [0.2, 0.25) is 5.02 Å². The second-order valence-corrected chi connectivity index (χ2v) is 9.90. The summed E-state index contributed by atoms with van der Waals surface area (Å²) in [5, 5.41) is 14.0. The van der Waals surface area contributed by atoms with Gasteiger partial charge in [-0.05, 0) is 34.9 Å². The summed E-state index contributed by atoms with van der Waals surface area (Å²) in [4.78, 5) is 55.0. The third-order valence-corrected chi connectivity index (χ3v) is 7.73. The van der Waals surface area contributed by atoms with Crippen LogP contribution in [-0.4, -0.2) is 38.5 Å². The van der Waals surface area contributed by atoms with Gasteiger partial charge in [-0.25, -0.2) is 0 Å². The van der Waals surface area contributed by atoms with Crippen LogP contribution in [0.25, 0.3) is 6.08 Å². The Labute approximate surface area is 222 Å². The monoisotopic (exact) mass is 528 g/mol. The molecule has 2 saturated heterocycles. The van der Waals surface area contributed by atoms with Crippen molar-refractivity contribution in [1.82, 2.24) is 9.80 Å². The number of nitrogens with zero attached hydrogens (tertiary/aromatic N) is 3. The van der Waals surface area contributed by atoms with Gasteiger partial charge in [0.1, 0.15) is 11.1 Å². The minimum absolute atomic E-state index is 0.0577. The minimum Gasteiger partial charge on any atom is -0.357 e. The second-order valence-electron chi connectivity index (χ2n) is 9.49. The van der Waals surface area contributed by atoms with Crippen molar-refractivity contribution in [2.75, 3.05) is 5.32 Å². The zero-order valence-electron chi connectivity index (χ0n) is 19.9. The Hall–Kier alpha value is -4.50. The summed E-state index contributed by atoms with van der Waals surface area (Å²) in [5.74, 6) is -2.94. The van der Waals surface area contributed by atoms with Crippen LogP contribution in [0.5, 0.6) is 0 Å². The highest BCUT2D eigenvalue weighted by Crippen LogP contribution is 2.52. The fourth-order valence-corrected chi connectivity index (χ4v) is 5.97. The van der Waals surface area contributed by atoms with E-state index in [0.29, 0.717) is 0 Å². The molecule has 0 unspecified atom stereocenters. The van der Waals surface area contributed by atoms with E-state index in [0.717, 1.165) is 16.7 Å². The molecule has 3 aromatic carbocycles. The van der Waals surface area contributed by atoms with Gasteiger partial charge in [-0.1, -0.05) is 66.2 Å². The number of rotatable bonds is 5. The Morgan fingerprint density at radius 1 is 0.974 bits per heavy atom. The van der Waals surface area contributed by atoms with Crippen molar-refractivity contribution in [2.24, 2.45) is 11.8 Å². The van der Waals surface area contributed by atoms with E-state index in [2.05, 4.69) is 5.32 Å². The fraction of sp³-hybridized carbons (Fsp3) is 0.179. The van der Waals surface area contributed by atoms with E-state index in [1.807, 2.05) is 60.7 Å². The van der Waals surface area contributed by atoms with Crippen LogP contribution < -0.4 is 5.32 Å². The number of likely N-dealkylation sites (tertiary alicyclic amines) is 1. The molecule has 190 valence electrons. The van der Waals surface area contributed by atoms with Crippen molar-refractivity contribution < 1.29 is 19.3 Å². The molecule has 38 heavy (non-hydrogen) atoms. The molecular weight excluding hydrogens is 508 g/mol. The molecule has 3 aromatic rings. The molecule has 3 amide bonds. The first-order valence-electron chi connectivity index (χ1n) is 12.0. The van der Waals surface area contributed by atoms with Gasteiger partial charge in [-0.3, -0.25) is 29.4 Å². The fourth-order valence-electron chi connectivity index (χ4n) is 5.79. The number of imide groups is 1. The molecule has 0 bridgehead atoms. The molecular formula is C28H21ClN4O5. The minimum atomic E-state index is -0.999. The quantitative estimate of drug-likeness (QED) is 0.298. The summed E-state index contributed by atoms with van der Waals surface area (Å²) < 4.78 is 0. The standard InChI is InChI=1S/C28H21ClN4O5/c29-20-11-10-18(14-21(20)33(37)38)30-26(34)25-23-22(24-19-9-5-4-8-17(19)12-13-31(24)25)27(35)32(28(23)36)15-16-6-2-1-3-7-16/h1-14,22-25H,15H2,(H,30,34)/t22-,23-,24+,25+/m1/s1. The Bertz CT molecular complexity index is 1520. The van der Waals surface area contributed by atoms with Gasteiger partial charge in [-0.2, -0.15) is 0 Å². The summed E-state index contributed by atoms with van der Waals surface area (Å²) >= 11 is 5.93. The van der Waals surface area contributed by atoms with Gasteiger partial charge >= 0.3 is 0 Å². The van der Waals surface area contributed by atoms with Crippen LogP contribution in [0.1, 0.15) is 22.7 Å². The molecule has 0 saturated carbocycles. The largest absolute Gasteiger partial charge is 0.357 e. The molecule has 3 aliphatic heterocycles. The zero-order valence-corrected chi connectivity index (χ0v) is 20.6. The van der Waals surface area contributed by atoms with Crippen LogP contribution >= 0.6 is 11.6 Å². The van der Waals surface area contributed by atoms with Crippen molar-refractivity contribution in [3.8, 4) is 0 Å². The number of nitrogens with one attached hydrogen (secondary N) is 1. The van der Waals surface area contributed by atoms with Gasteiger partial charge in [0.15, 0.2) is 0 Å². The third-order valence-electron chi connectivity index (χ3n) is 7.42. The van der Waals surface area contributed by atoms with Gasteiger partial charge in [0.2, 0.25) is 17.7 Å². The molecule has 2 fully saturated rings. The highest BCUT2D eigenvalue weighted by molar-refractivity contribution is 6.32. The van der Waals surface area contributed by atoms with Gasteiger partial charge in [0, 0.05) is 18.0 Å². The van der Waals surface area contributed by atoms with Crippen molar-refractivity contribution in [1.29, 1.82) is 0 Å². The molecule has 9 nitrogen and oxygen atoms in total. The lowest BCUT2D eigenvalue weighted by Crippen LogP contribution is -2.46. The second kappa shape index (κ2) is 9.11. The van der Waals surface area contributed by atoms with Crippen molar-refractivity contribution in [3.05, 3.63) is 111 Å². The lowest BCUT2D eigenvalue weighted by molar-refractivity contribution is -0.384. The third kappa shape index (κ3) is 3.74. The lowest BCUT2D eigenvalue weighted by Gasteiger charge is -2.35. The summed E-state index contributed by atoms with van der Waals surface area (Å²) in [6.45, 7) is 0.118. The topological polar surface area (TPSA) is 113 Å². The molecule has 1 N–H and O–H groups in total. The molecule has 3 aliphatic rings. The number of carbonyl (C=O) groups is 3. The number of amides is 3. The van der Waals surface area contributed by atoms with E-state index in [9.17, 15) is 24.5 Å². The van der Waals surface area contributed by atoms with E-state index in [4.69, 9.17) is 11.6 Å². The zero-order chi connectivity index (χ0) is 26.6. The Morgan fingerprint density at radius 2 is 1.68 bits per heavy atom. The SMILES string of the molecule is O=C(Nc1ccc(Cl)c([N+](=O)[O-])c1)[C@@H]1[C@@H]2C(=O)N(Cc3ccccc3)C(=O)[C@H]2[C@@H]2c3ccccc3C=CN12. The predicted octanol–water partition coefficient (Wildman–Crippen LogP) is 4.40. The lowest BCUT2D eigenvalue weighted by atomic mass is 9.84. The molecule has 0 aliphatic carbocycles. The maximum Gasteiger partial charge on any atom is 0.289 e. The van der Waals surface area contributed by atoms with Gasteiger partial charge in [-0.15, -0.1) is 0 Å². The number of benzene rings is 3. The van der Waals surface area contributed by atoms with Crippen molar-refractivity contribution in [3.63, 3.8) is 0 Å². The maximum atomic E-state index is 13.8. The Balaban J connectivity index is 1.39. The first kappa shape index (κ1) is 23.9. The number of nitro groups is 1. The number of fused-ring (bicyclic) bond motifs is 5. The van der Waals surface area contributed by atoms with Gasteiger partial charge in [0.25, 0.3) is 5.69 Å². The van der Waals surface area contributed by atoms with Crippen LogP contribution in [0.4, 0.5) is 11.4 Å². The average Bonchev–Trinajstić information content (AvgIpc) is 3.39. The number of anilines is 1. The smallest absolute Gasteiger partial charge is 0.289 e. The van der Waals surface area contributed by atoms with Gasteiger partial charge < -0.3 is 10.2 Å². The summed E-state index contributed by atoms with van der Waals surface area (Å²) in [5.41, 5.74) is 2.42. The normalized spacial score (nSPS) is 23.2. The predicted molar refractivity (Wildman–Crippen MR) is 140 cm³/mol. The van der Waals surface area contributed by atoms with E-state index in [-0.39, 0.29) is 28.8 Å². The van der Waals surface area contributed by atoms with Crippen LogP contribution in [0.3, 0.4) is 0 Å². The molecule has 3 heterocycles. The molecule has 10 heteroatoms. The number of carbonyl (C=O) groups excluding carboxylic acids is 3. The molecule has 0 radical (unpaired) electrons. The van der Waals surface area contributed by atoms with Crippen molar-refractivity contribution in [2.45, 2.75) is 18.6 Å². The maximum absolute atomic E-state index is 13.8. The van der Waals surface area contributed by atoms with E-state index in [1.165, 1.54) is 23.1 Å². The highest BCUT2D eigenvalue weighted by atomic mass is 35.5. The van der Waals surface area contributed by atoms with Crippen LogP contribution in [0.15, 0.2) is 79.0 Å². The summed E-state index contributed by atoms with van der Waals surface area (Å²) in [6, 6.07) is 19.3. The molecule has 4 atom stereocenters. The Morgan fingerprint density at radius 3 is 2.45 bits per heavy atom. The van der Waals surface area contributed by atoms with E-state index < -0.39 is 40.7 Å². The van der Waals surface area contributed by atoms with E-state index in [1.54, 1.807) is 11.1 Å². The van der Waals surface area contributed by atoms with Crippen molar-refractivity contribution >= 4 is 46.8 Å². The summed E-state index contributed by atoms with van der Waals surface area (Å²) in [6.07, 6.45) is 3.61. The van der Waals surface area contributed by atoms with Crippen LogP contribution in [-0.2, 0) is 20.9 Å². The molecule has 6 rings (SSSR count). The molecule has 0 aromatic heterocycles. The number of hydrogen-bond donors (Lipinski definition) is 1. The molecule has 0 spiro atoms. The average molecular weight is 529 g/mol. The highest BCUT2D eigenvalue weighted by Gasteiger charge is 2.64. The summed E-state index contributed by atoms with van der Waals surface area (Å²) in [7, 11) is 0. The van der Waals surface area contributed by atoms with E-state index >= 15 is 0 Å². The van der Waals surface area contributed by atoms with Gasteiger partial charge in [0.05, 0.1) is 29.3 Å². The first-order valence-corrected chi connectivity index (χ1v) is 12.4. The Kier molecular flexibility index (Phi) is 5.72. The van der Waals surface area contributed by atoms with Crippen LogP contribution in [0, 0.1) is 22.0 Å². The number of halogens is 1. The number of nitro benzene ring substituents is 1. The first-order chi connectivity index (χ1) is 18.3.